The number of rotatable bonds is 1. The maximum atomic E-state index is 13.0. The summed E-state index contributed by atoms with van der Waals surface area (Å²) in [5, 5.41) is 9.56. The van der Waals surface area contributed by atoms with Crippen molar-refractivity contribution in [2.24, 2.45) is 0 Å². The zero-order chi connectivity index (χ0) is 21.8. The molecule has 1 amide bonds. The van der Waals surface area contributed by atoms with Crippen molar-refractivity contribution in [3.05, 3.63) is 30.1 Å². The van der Waals surface area contributed by atoms with E-state index in [0.717, 1.165) is 29.8 Å². The molecule has 1 aromatic carbocycles. The van der Waals surface area contributed by atoms with Crippen molar-refractivity contribution in [1.29, 1.82) is 0 Å². The Labute approximate surface area is 184 Å². The smallest absolute Gasteiger partial charge is 0.328 e. The third kappa shape index (κ3) is 3.10. The summed E-state index contributed by atoms with van der Waals surface area (Å²) in [5.41, 5.74) is 3.53. The summed E-state index contributed by atoms with van der Waals surface area (Å²) >= 11 is 0. The molecule has 2 aliphatic heterocycles. The van der Waals surface area contributed by atoms with Crippen molar-refractivity contribution < 1.29 is 19.0 Å². The van der Waals surface area contributed by atoms with Gasteiger partial charge in [0.1, 0.15) is 30.4 Å². The first-order valence-electron chi connectivity index (χ1n) is 10.8. The van der Waals surface area contributed by atoms with Crippen molar-refractivity contribution in [3.63, 3.8) is 0 Å². The van der Waals surface area contributed by atoms with Gasteiger partial charge in [-0.2, -0.15) is 0 Å². The summed E-state index contributed by atoms with van der Waals surface area (Å²) in [7, 11) is 1.81. The van der Waals surface area contributed by atoms with Crippen molar-refractivity contribution in [3.8, 4) is 11.5 Å². The number of nitrogens with one attached hydrogen (secondary N) is 3. The molecule has 1 unspecified atom stereocenters. The van der Waals surface area contributed by atoms with Crippen LogP contribution in [-0.2, 0) is 11.3 Å². The van der Waals surface area contributed by atoms with Crippen molar-refractivity contribution >= 4 is 34.4 Å². The largest absolute Gasteiger partial charge is 0.484 e. The van der Waals surface area contributed by atoms with E-state index >= 15 is 0 Å². The molecule has 10 heteroatoms. The van der Waals surface area contributed by atoms with Gasteiger partial charge in [0.2, 0.25) is 0 Å². The Morgan fingerprint density at radius 3 is 2.97 bits per heavy atom. The van der Waals surface area contributed by atoms with Crippen LogP contribution in [0.15, 0.2) is 24.5 Å². The van der Waals surface area contributed by atoms with Crippen LogP contribution < -0.4 is 25.4 Å². The van der Waals surface area contributed by atoms with Crippen LogP contribution in [0.5, 0.6) is 11.5 Å². The first kappa shape index (κ1) is 19.2. The van der Waals surface area contributed by atoms with Crippen molar-refractivity contribution in [1.82, 2.24) is 19.9 Å². The number of carbonyl (C=O) groups is 1. The maximum absolute atomic E-state index is 13.0. The fourth-order valence-corrected chi connectivity index (χ4v) is 4.32. The number of fused-ring (bicyclic) bond motifs is 6. The Hall–Kier alpha value is -3.53. The number of pyridine rings is 1. The van der Waals surface area contributed by atoms with Crippen molar-refractivity contribution in [2.45, 2.75) is 44.6 Å². The Morgan fingerprint density at radius 2 is 2.16 bits per heavy atom. The molecule has 3 atom stereocenters. The lowest BCUT2D eigenvalue weighted by Gasteiger charge is -2.37. The van der Waals surface area contributed by atoms with Crippen molar-refractivity contribution in [2.75, 3.05) is 24.3 Å². The molecule has 2 aromatic heterocycles. The van der Waals surface area contributed by atoms with Crippen LogP contribution in [-0.4, -0.2) is 52.5 Å². The lowest BCUT2D eigenvalue weighted by Crippen LogP contribution is -2.52. The Balaban J connectivity index is 1.51. The molecule has 0 radical (unpaired) electrons. The number of ether oxygens (including phenoxy) is 3. The predicted molar refractivity (Wildman–Crippen MR) is 118 cm³/mol. The molecule has 0 saturated heterocycles. The molecule has 0 spiro atoms. The van der Waals surface area contributed by atoms with E-state index in [1.54, 1.807) is 0 Å². The molecule has 3 aromatic rings. The first-order chi connectivity index (χ1) is 15.6. The zero-order valence-electron chi connectivity index (χ0n) is 17.8. The Bertz CT molecular complexity index is 1220. The minimum atomic E-state index is -0.267. The number of aromatic nitrogens is 3. The van der Waals surface area contributed by atoms with E-state index in [2.05, 4.69) is 20.9 Å². The third-order valence-electron chi connectivity index (χ3n) is 6.14. The van der Waals surface area contributed by atoms with Gasteiger partial charge in [0, 0.05) is 13.1 Å². The van der Waals surface area contributed by atoms with Gasteiger partial charge in [-0.15, -0.1) is 0 Å². The number of hydrogen-bond acceptors (Lipinski definition) is 8. The second-order valence-corrected chi connectivity index (χ2v) is 8.41. The number of anilines is 3. The normalized spacial score (nSPS) is 24.1. The summed E-state index contributed by atoms with van der Waals surface area (Å²) in [6, 6.07) is 5.49. The van der Waals surface area contributed by atoms with Crippen LogP contribution in [0.2, 0.25) is 0 Å². The van der Waals surface area contributed by atoms with Gasteiger partial charge in [-0.05, 0) is 37.5 Å². The van der Waals surface area contributed by atoms with E-state index in [4.69, 9.17) is 19.2 Å². The van der Waals surface area contributed by atoms with Gasteiger partial charge in [-0.3, -0.25) is 0 Å². The Kier molecular flexibility index (Phi) is 4.35. The Morgan fingerprint density at radius 1 is 1.25 bits per heavy atom. The summed E-state index contributed by atoms with van der Waals surface area (Å²) < 4.78 is 19.6. The molecule has 1 aliphatic carbocycles. The first-order valence-corrected chi connectivity index (χ1v) is 10.8. The highest BCUT2D eigenvalue weighted by Gasteiger charge is 2.34. The molecule has 6 rings (SSSR count). The molecular formula is C22H24N6O4. The second kappa shape index (κ2) is 7.27. The topological polar surface area (TPSA) is 112 Å². The van der Waals surface area contributed by atoms with E-state index in [1.165, 1.54) is 10.9 Å². The van der Waals surface area contributed by atoms with Gasteiger partial charge in [-0.1, -0.05) is 0 Å². The number of benzene rings is 1. The van der Waals surface area contributed by atoms with E-state index in [1.807, 2.05) is 32.2 Å². The second-order valence-electron chi connectivity index (χ2n) is 8.41. The highest BCUT2D eigenvalue weighted by molar-refractivity contribution is 5.94. The highest BCUT2D eigenvalue weighted by atomic mass is 16.6. The van der Waals surface area contributed by atoms with Gasteiger partial charge >= 0.3 is 6.03 Å². The van der Waals surface area contributed by atoms with Gasteiger partial charge in [0.15, 0.2) is 17.1 Å². The third-order valence-corrected chi connectivity index (χ3v) is 6.14. The SMILES string of the molecule is CNc1cc2nc3c1ncn3C(=O)N[C@@H]1CC[C@H]1OCc1cc(c3c(c1)OC(C)CO3)N2. The number of imidazole rings is 1. The lowest BCUT2D eigenvalue weighted by atomic mass is 9.89. The molecule has 10 nitrogen and oxygen atoms in total. The molecule has 166 valence electrons. The van der Waals surface area contributed by atoms with Crippen LogP contribution >= 0.6 is 0 Å². The average Bonchev–Trinajstić information content (AvgIpc) is 3.19. The van der Waals surface area contributed by atoms with Crippen LogP contribution in [0.1, 0.15) is 25.3 Å². The molecule has 1 saturated carbocycles. The van der Waals surface area contributed by atoms with E-state index < -0.39 is 0 Å². The minimum absolute atomic E-state index is 0.0388. The van der Waals surface area contributed by atoms with E-state index in [9.17, 15) is 4.79 Å². The molecule has 3 aliphatic rings. The van der Waals surface area contributed by atoms with Gasteiger partial charge in [0.05, 0.1) is 30.1 Å². The number of hydrogen-bond donors (Lipinski definition) is 3. The van der Waals surface area contributed by atoms with Crippen LogP contribution in [0.4, 0.5) is 22.0 Å². The molecule has 1 fully saturated rings. The van der Waals surface area contributed by atoms with Crippen LogP contribution in [0.25, 0.3) is 11.2 Å². The summed E-state index contributed by atoms with van der Waals surface area (Å²) in [5.74, 6) is 1.87. The fourth-order valence-electron chi connectivity index (χ4n) is 4.32. The number of amides is 1. The summed E-state index contributed by atoms with van der Waals surface area (Å²) in [6.07, 6.45) is 3.18. The van der Waals surface area contributed by atoms with Gasteiger partial charge < -0.3 is 30.2 Å². The molecule has 4 bridgehead atoms. The zero-order valence-corrected chi connectivity index (χ0v) is 17.8. The molecule has 4 heterocycles. The highest BCUT2D eigenvalue weighted by Crippen LogP contribution is 2.42. The summed E-state index contributed by atoms with van der Waals surface area (Å²) in [4.78, 5) is 22.1. The standard InChI is InChI=1S/C22H24N6O4/c1-11-8-31-20-15-5-12(6-17(20)32-11)9-30-16-4-3-13(16)26-22(29)28-10-24-19-14(23-2)7-18(25-15)27-21(19)28/h5-7,10-11,13,16H,3-4,8-9H2,1-2H3,(H,26,29)(H2,23,25,27)/t11?,13-,16-/m1/s1. The fraction of sp³-hybridized carbons (Fsp3) is 0.409. The average molecular weight is 436 g/mol. The predicted octanol–water partition coefficient (Wildman–Crippen LogP) is 3.00. The monoisotopic (exact) mass is 436 g/mol. The van der Waals surface area contributed by atoms with Crippen LogP contribution in [0, 0.1) is 0 Å². The molecule has 3 N–H and O–H groups in total. The van der Waals surface area contributed by atoms with E-state index in [0.29, 0.717) is 41.7 Å². The molecular weight excluding hydrogens is 412 g/mol. The number of carbonyl (C=O) groups excluding carboxylic acids is 1. The minimum Gasteiger partial charge on any atom is -0.484 e. The lowest BCUT2D eigenvalue weighted by molar-refractivity contribution is -0.0324. The summed E-state index contributed by atoms with van der Waals surface area (Å²) in [6.45, 7) is 2.84. The van der Waals surface area contributed by atoms with E-state index in [-0.39, 0.29) is 24.3 Å². The van der Waals surface area contributed by atoms with Gasteiger partial charge in [-0.25, -0.2) is 19.3 Å². The quantitative estimate of drug-likeness (QED) is 0.534. The maximum Gasteiger partial charge on any atom is 0.328 e. The van der Waals surface area contributed by atoms with Crippen LogP contribution in [0.3, 0.4) is 0 Å². The van der Waals surface area contributed by atoms with Gasteiger partial charge in [0.25, 0.3) is 0 Å². The number of nitrogens with zero attached hydrogens (tertiary/aromatic N) is 3. The molecule has 32 heavy (non-hydrogen) atoms.